The molecular formula is C16H18N2O4. The van der Waals surface area contributed by atoms with Crippen LogP contribution in [0.2, 0.25) is 0 Å². The molecular weight excluding hydrogens is 284 g/mol. The number of carbonyl (C=O) groups excluding carboxylic acids is 2. The molecule has 1 aromatic carbocycles. The predicted octanol–water partition coefficient (Wildman–Crippen LogP) is 0.964. The van der Waals surface area contributed by atoms with Gasteiger partial charge in [0.05, 0.1) is 5.92 Å². The van der Waals surface area contributed by atoms with E-state index in [-0.39, 0.29) is 24.4 Å². The Morgan fingerprint density at radius 3 is 2.68 bits per heavy atom. The molecule has 0 bridgehead atoms. The van der Waals surface area contributed by atoms with E-state index in [2.05, 4.69) is 0 Å². The Labute approximate surface area is 128 Å². The van der Waals surface area contributed by atoms with Crippen LogP contribution in [-0.4, -0.2) is 51.8 Å². The van der Waals surface area contributed by atoms with E-state index in [1.807, 2.05) is 18.2 Å². The van der Waals surface area contributed by atoms with Crippen molar-refractivity contribution in [3.05, 3.63) is 35.4 Å². The number of fused-ring (bicyclic) bond motifs is 1. The van der Waals surface area contributed by atoms with Crippen LogP contribution < -0.4 is 0 Å². The van der Waals surface area contributed by atoms with E-state index in [0.29, 0.717) is 25.1 Å². The van der Waals surface area contributed by atoms with E-state index >= 15 is 0 Å². The number of amides is 2. The zero-order chi connectivity index (χ0) is 15.9. The molecule has 0 radical (unpaired) electrons. The molecule has 2 heterocycles. The van der Waals surface area contributed by atoms with Gasteiger partial charge in [-0.2, -0.15) is 0 Å². The summed E-state index contributed by atoms with van der Waals surface area (Å²) in [6.07, 6.45) is 0.469. The first kappa shape index (κ1) is 14.6. The standard InChI is InChI=1S/C16H18N2O4/c1-10-12(16(21)22)6-7-18(10)14(19)9-17-8-11-4-2-3-5-13(11)15(17)20/h2-5,10,12H,6-9H2,1H3,(H,21,22). The molecule has 2 aliphatic heterocycles. The molecule has 1 aromatic rings. The number of carbonyl (C=O) groups is 3. The molecule has 3 rings (SSSR count). The second kappa shape index (κ2) is 5.44. The third kappa shape index (κ3) is 2.34. The lowest BCUT2D eigenvalue weighted by molar-refractivity contribution is -0.143. The van der Waals surface area contributed by atoms with Gasteiger partial charge in [-0.1, -0.05) is 18.2 Å². The molecule has 2 unspecified atom stereocenters. The highest BCUT2D eigenvalue weighted by Crippen LogP contribution is 2.26. The van der Waals surface area contributed by atoms with Crippen molar-refractivity contribution in [3.8, 4) is 0 Å². The van der Waals surface area contributed by atoms with Gasteiger partial charge in [0.1, 0.15) is 6.54 Å². The second-order valence-electron chi connectivity index (χ2n) is 5.88. The van der Waals surface area contributed by atoms with Crippen molar-refractivity contribution in [2.75, 3.05) is 13.1 Å². The van der Waals surface area contributed by atoms with Crippen molar-refractivity contribution >= 4 is 17.8 Å². The maximum absolute atomic E-state index is 12.4. The Kier molecular flexibility index (Phi) is 3.60. The SMILES string of the molecule is CC1C(C(=O)O)CCN1C(=O)CN1Cc2ccccc2C1=O. The van der Waals surface area contributed by atoms with Crippen LogP contribution in [-0.2, 0) is 16.1 Å². The molecule has 0 spiro atoms. The Bertz CT molecular complexity index is 643. The van der Waals surface area contributed by atoms with E-state index in [1.165, 1.54) is 4.90 Å². The van der Waals surface area contributed by atoms with Gasteiger partial charge in [-0.25, -0.2) is 0 Å². The maximum Gasteiger partial charge on any atom is 0.308 e. The Morgan fingerprint density at radius 1 is 1.32 bits per heavy atom. The van der Waals surface area contributed by atoms with E-state index in [1.54, 1.807) is 17.9 Å². The lowest BCUT2D eigenvalue weighted by atomic mass is 10.0. The number of hydrogen-bond acceptors (Lipinski definition) is 3. The van der Waals surface area contributed by atoms with Gasteiger partial charge in [-0.15, -0.1) is 0 Å². The van der Waals surface area contributed by atoms with Gasteiger partial charge in [0, 0.05) is 24.7 Å². The summed E-state index contributed by atoms with van der Waals surface area (Å²) >= 11 is 0. The second-order valence-corrected chi connectivity index (χ2v) is 5.88. The monoisotopic (exact) mass is 302 g/mol. The maximum atomic E-state index is 12.4. The average Bonchev–Trinajstić information content (AvgIpc) is 3.01. The summed E-state index contributed by atoms with van der Waals surface area (Å²) in [5.74, 6) is -1.70. The fourth-order valence-corrected chi connectivity index (χ4v) is 3.32. The van der Waals surface area contributed by atoms with E-state index in [9.17, 15) is 14.4 Å². The molecule has 2 aliphatic rings. The number of carboxylic acids is 1. The Morgan fingerprint density at radius 2 is 2.05 bits per heavy atom. The number of nitrogens with zero attached hydrogens (tertiary/aromatic N) is 2. The van der Waals surface area contributed by atoms with E-state index in [0.717, 1.165) is 5.56 Å². The van der Waals surface area contributed by atoms with Gasteiger partial charge >= 0.3 is 5.97 Å². The number of hydrogen-bond donors (Lipinski definition) is 1. The molecule has 1 fully saturated rings. The number of carboxylic acid groups (broad SMARTS) is 1. The zero-order valence-corrected chi connectivity index (χ0v) is 12.4. The summed E-state index contributed by atoms with van der Waals surface area (Å²) in [4.78, 5) is 38.9. The predicted molar refractivity (Wildman–Crippen MR) is 78.1 cm³/mol. The topological polar surface area (TPSA) is 77.9 Å². The summed E-state index contributed by atoms with van der Waals surface area (Å²) in [6.45, 7) is 2.63. The fraction of sp³-hybridized carbons (Fsp3) is 0.438. The minimum absolute atomic E-state index is 0.00416. The first-order valence-corrected chi connectivity index (χ1v) is 7.38. The van der Waals surface area contributed by atoms with Gasteiger partial charge in [0.15, 0.2) is 0 Å². The van der Waals surface area contributed by atoms with Gasteiger partial charge in [0.25, 0.3) is 5.91 Å². The number of aliphatic carboxylic acids is 1. The van der Waals surface area contributed by atoms with Crippen molar-refractivity contribution in [1.82, 2.24) is 9.80 Å². The summed E-state index contributed by atoms with van der Waals surface area (Å²) in [5, 5.41) is 9.13. The third-order valence-corrected chi connectivity index (χ3v) is 4.61. The van der Waals surface area contributed by atoms with E-state index < -0.39 is 11.9 Å². The van der Waals surface area contributed by atoms with Crippen LogP contribution in [0.5, 0.6) is 0 Å². The number of likely N-dealkylation sites (tertiary alicyclic amines) is 1. The quantitative estimate of drug-likeness (QED) is 0.902. The number of benzene rings is 1. The molecule has 0 aromatic heterocycles. The Hall–Kier alpha value is -2.37. The molecule has 1 saturated heterocycles. The summed E-state index contributed by atoms with van der Waals surface area (Å²) in [6, 6.07) is 7.00. The molecule has 22 heavy (non-hydrogen) atoms. The fourth-order valence-electron chi connectivity index (χ4n) is 3.32. The molecule has 2 amide bonds. The lowest BCUT2D eigenvalue weighted by Crippen LogP contribution is -2.43. The van der Waals surface area contributed by atoms with Gasteiger partial charge in [-0.05, 0) is 25.0 Å². The molecule has 2 atom stereocenters. The van der Waals surface area contributed by atoms with Crippen molar-refractivity contribution in [2.24, 2.45) is 5.92 Å². The first-order chi connectivity index (χ1) is 10.5. The van der Waals surface area contributed by atoms with Gasteiger partial charge < -0.3 is 14.9 Å². The summed E-state index contributed by atoms with van der Waals surface area (Å²) < 4.78 is 0. The molecule has 116 valence electrons. The minimum Gasteiger partial charge on any atom is -0.481 e. The van der Waals surface area contributed by atoms with Gasteiger partial charge in [0.2, 0.25) is 5.91 Å². The first-order valence-electron chi connectivity index (χ1n) is 7.38. The minimum atomic E-state index is -0.868. The van der Waals surface area contributed by atoms with Gasteiger partial charge in [-0.3, -0.25) is 14.4 Å². The van der Waals surface area contributed by atoms with Crippen molar-refractivity contribution in [1.29, 1.82) is 0 Å². The molecule has 6 nitrogen and oxygen atoms in total. The normalized spacial score (nSPS) is 23.8. The summed E-state index contributed by atoms with van der Waals surface area (Å²) in [7, 11) is 0. The zero-order valence-electron chi connectivity index (χ0n) is 12.4. The third-order valence-electron chi connectivity index (χ3n) is 4.61. The molecule has 6 heteroatoms. The molecule has 1 N–H and O–H groups in total. The van der Waals surface area contributed by atoms with Crippen molar-refractivity contribution in [2.45, 2.75) is 25.9 Å². The highest BCUT2D eigenvalue weighted by molar-refractivity contribution is 6.00. The largest absolute Gasteiger partial charge is 0.481 e. The van der Waals surface area contributed by atoms with Crippen LogP contribution in [0.1, 0.15) is 29.3 Å². The molecule has 0 saturated carbocycles. The van der Waals surface area contributed by atoms with Crippen molar-refractivity contribution < 1.29 is 19.5 Å². The average molecular weight is 302 g/mol. The van der Waals surface area contributed by atoms with Crippen LogP contribution in [0, 0.1) is 5.92 Å². The highest BCUT2D eigenvalue weighted by atomic mass is 16.4. The lowest BCUT2D eigenvalue weighted by Gasteiger charge is -2.25. The highest BCUT2D eigenvalue weighted by Gasteiger charge is 2.39. The van der Waals surface area contributed by atoms with Crippen LogP contribution in [0.15, 0.2) is 24.3 Å². The van der Waals surface area contributed by atoms with Crippen LogP contribution >= 0.6 is 0 Å². The van der Waals surface area contributed by atoms with Crippen LogP contribution in [0.3, 0.4) is 0 Å². The van der Waals surface area contributed by atoms with Crippen LogP contribution in [0.25, 0.3) is 0 Å². The number of rotatable bonds is 3. The smallest absolute Gasteiger partial charge is 0.308 e. The summed E-state index contributed by atoms with van der Waals surface area (Å²) in [5.41, 5.74) is 1.58. The molecule has 0 aliphatic carbocycles. The Balaban J connectivity index is 1.67. The van der Waals surface area contributed by atoms with Crippen molar-refractivity contribution in [3.63, 3.8) is 0 Å². The van der Waals surface area contributed by atoms with E-state index in [4.69, 9.17) is 5.11 Å². The van der Waals surface area contributed by atoms with Crippen LogP contribution in [0.4, 0.5) is 0 Å².